The van der Waals surface area contributed by atoms with Crippen molar-refractivity contribution in [2.45, 2.75) is 22.7 Å². The minimum absolute atomic E-state index is 0.184. The molecule has 0 bridgehead atoms. The van der Waals surface area contributed by atoms with E-state index in [2.05, 4.69) is 127 Å². The molecule has 0 radical (unpaired) electrons. The van der Waals surface area contributed by atoms with Gasteiger partial charge in [0.15, 0.2) is 0 Å². The second-order valence-electron chi connectivity index (χ2n) is 7.02. The van der Waals surface area contributed by atoms with Gasteiger partial charge < -0.3 is 5.32 Å². The Labute approximate surface area is 177 Å². The maximum Gasteiger partial charge on any atom is 0.0539 e. The molecule has 29 heavy (non-hydrogen) atoms. The second-order valence-corrected chi connectivity index (χ2v) is 8.23. The lowest BCUT2D eigenvalue weighted by Crippen LogP contribution is -2.25. The third kappa shape index (κ3) is 5.38. The Hall–Kier alpha value is -2.81. The Morgan fingerprint density at radius 1 is 0.552 bits per heavy atom. The lowest BCUT2D eigenvalue weighted by molar-refractivity contribution is 0.522. The van der Waals surface area contributed by atoms with Gasteiger partial charge in [-0.2, -0.15) is 0 Å². The Morgan fingerprint density at radius 3 is 1.62 bits per heavy atom. The van der Waals surface area contributed by atoms with Gasteiger partial charge in [0.1, 0.15) is 0 Å². The number of thioether (sulfide) groups is 1. The Balaban J connectivity index is 1.68. The van der Waals surface area contributed by atoms with Gasteiger partial charge in [0.25, 0.3) is 0 Å². The lowest BCUT2D eigenvalue weighted by Gasteiger charge is -2.29. The van der Waals surface area contributed by atoms with E-state index in [4.69, 9.17) is 0 Å². The largest absolute Gasteiger partial charge is 0.305 e. The molecule has 4 aromatic carbocycles. The summed E-state index contributed by atoms with van der Waals surface area (Å²) in [4.78, 5) is 1.28. The zero-order valence-corrected chi connectivity index (χ0v) is 17.1. The third-order valence-electron chi connectivity index (χ3n) is 4.96. The summed E-state index contributed by atoms with van der Waals surface area (Å²) >= 11 is 1.92. The van der Waals surface area contributed by atoms with E-state index in [0.717, 1.165) is 6.54 Å². The van der Waals surface area contributed by atoms with Crippen LogP contribution < -0.4 is 5.32 Å². The van der Waals surface area contributed by atoms with Crippen LogP contribution in [0, 0.1) is 0 Å². The van der Waals surface area contributed by atoms with Crippen molar-refractivity contribution < 1.29 is 0 Å². The molecule has 144 valence electrons. The molecule has 2 heteroatoms. The maximum absolute atomic E-state index is 3.85. The van der Waals surface area contributed by atoms with Crippen molar-refractivity contribution >= 4 is 11.8 Å². The van der Waals surface area contributed by atoms with Crippen LogP contribution in [0.4, 0.5) is 0 Å². The molecule has 0 amide bonds. The van der Waals surface area contributed by atoms with Crippen molar-refractivity contribution in [1.29, 1.82) is 0 Å². The van der Waals surface area contributed by atoms with E-state index < -0.39 is 0 Å². The van der Waals surface area contributed by atoms with Crippen molar-refractivity contribution in [3.05, 3.63) is 138 Å². The van der Waals surface area contributed by atoms with Crippen LogP contribution in [0.5, 0.6) is 0 Å². The minimum atomic E-state index is 0.184. The van der Waals surface area contributed by atoms with Gasteiger partial charge >= 0.3 is 0 Å². The topological polar surface area (TPSA) is 12.0 Å². The minimum Gasteiger partial charge on any atom is -0.305 e. The highest BCUT2D eigenvalue weighted by molar-refractivity contribution is 7.99. The molecule has 0 fully saturated rings. The first-order valence-corrected chi connectivity index (χ1v) is 10.9. The highest BCUT2D eigenvalue weighted by atomic mass is 32.2. The van der Waals surface area contributed by atoms with Gasteiger partial charge in [0.05, 0.1) is 5.25 Å². The van der Waals surface area contributed by atoms with Crippen LogP contribution in [0.2, 0.25) is 0 Å². The molecule has 0 aliphatic carbocycles. The van der Waals surface area contributed by atoms with Crippen LogP contribution in [-0.4, -0.2) is 0 Å². The van der Waals surface area contributed by atoms with E-state index >= 15 is 0 Å². The molecule has 0 aromatic heterocycles. The van der Waals surface area contributed by atoms with Crippen LogP contribution in [0.25, 0.3) is 0 Å². The highest BCUT2D eigenvalue weighted by Crippen LogP contribution is 2.44. The molecule has 1 N–H and O–H groups in total. The highest BCUT2D eigenvalue weighted by Gasteiger charge is 2.25. The zero-order valence-electron chi connectivity index (χ0n) is 16.3. The molecule has 4 aromatic rings. The van der Waals surface area contributed by atoms with Gasteiger partial charge in [-0.1, -0.05) is 109 Å². The first-order valence-electron chi connectivity index (χ1n) is 9.99. The van der Waals surface area contributed by atoms with E-state index in [1.165, 1.54) is 21.6 Å². The summed E-state index contributed by atoms with van der Waals surface area (Å²) in [5, 5.41) is 4.10. The smallest absolute Gasteiger partial charge is 0.0539 e. The number of hydrogen-bond donors (Lipinski definition) is 1. The summed E-state index contributed by atoms with van der Waals surface area (Å²) in [5.74, 6) is 0. The molecule has 2 atom stereocenters. The summed E-state index contributed by atoms with van der Waals surface area (Å²) in [6, 6.07) is 43.1. The molecule has 0 heterocycles. The predicted molar refractivity (Wildman–Crippen MR) is 124 cm³/mol. The molecule has 0 saturated carbocycles. The number of hydrogen-bond acceptors (Lipinski definition) is 2. The van der Waals surface area contributed by atoms with E-state index in [1.807, 2.05) is 11.8 Å². The normalized spacial score (nSPS) is 13.0. The summed E-state index contributed by atoms with van der Waals surface area (Å²) in [7, 11) is 0. The van der Waals surface area contributed by atoms with E-state index in [0.29, 0.717) is 0 Å². The van der Waals surface area contributed by atoms with Crippen LogP contribution in [0.3, 0.4) is 0 Å². The Morgan fingerprint density at radius 2 is 1.03 bits per heavy atom. The molecule has 0 spiro atoms. The van der Waals surface area contributed by atoms with Gasteiger partial charge in [0.2, 0.25) is 0 Å². The van der Waals surface area contributed by atoms with Crippen LogP contribution in [0.1, 0.15) is 28.0 Å². The fourth-order valence-corrected chi connectivity index (χ4v) is 4.79. The summed E-state index contributed by atoms with van der Waals surface area (Å²) < 4.78 is 0. The van der Waals surface area contributed by atoms with Crippen molar-refractivity contribution in [1.82, 2.24) is 5.32 Å². The van der Waals surface area contributed by atoms with E-state index in [1.54, 1.807) is 0 Å². The summed E-state index contributed by atoms with van der Waals surface area (Å²) in [5.41, 5.74) is 3.93. The van der Waals surface area contributed by atoms with Crippen LogP contribution in [-0.2, 0) is 6.54 Å². The van der Waals surface area contributed by atoms with E-state index in [9.17, 15) is 0 Å². The molecular formula is C27H25NS. The number of nitrogens with one attached hydrogen (secondary N) is 1. The fraction of sp³-hybridized carbons (Fsp3) is 0.111. The molecule has 0 aliphatic rings. The van der Waals surface area contributed by atoms with Crippen molar-refractivity contribution in [2.75, 3.05) is 0 Å². The fourth-order valence-electron chi connectivity index (χ4n) is 3.50. The van der Waals surface area contributed by atoms with Gasteiger partial charge in [-0.05, 0) is 28.8 Å². The molecular weight excluding hydrogens is 370 g/mol. The lowest BCUT2D eigenvalue weighted by atomic mass is 9.98. The molecule has 0 unspecified atom stereocenters. The van der Waals surface area contributed by atoms with Gasteiger partial charge in [-0.15, -0.1) is 11.8 Å². The molecule has 0 saturated heterocycles. The van der Waals surface area contributed by atoms with Crippen LogP contribution in [0.15, 0.2) is 126 Å². The van der Waals surface area contributed by atoms with Gasteiger partial charge in [-0.25, -0.2) is 0 Å². The third-order valence-corrected chi connectivity index (χ3v) is 6.31. The Kier molecular flexibility index (Phi) is 6.80. The van der Waals surface area contributed by atoms with Gasteiger partial charge in [0, 0.05) is 17.5 Å². The number of benzene rings is 4. The van der Waals surface area contributed by atoms with Crippen molar-refractivity contribution in [3.63, 3.8) is 0 Å². The molecule has 1 nitrogen and oxygen atoms in total. The summed E-state index contributed by atoms with van der Waals surface area (Å²) in [6.45, 7) is 0.832. The standard InChI is InChI=1S/C27H25NS/c1-5-13-22(14-6-1)21-28-26(23-15-7-2-8-16-23)27(24-17-9-3-10-18-24)29-25-19-11-4-12-20-25/h1-20,26-28H,21H2/t26-,27-/m0/s1. The van der Waals surface area contributed by atoms with Crippen molar-refractivity contribution in [3.8, 4) is 0 Å². The monoisotopic (exact) mass is 395 g/mol. The second kappa shape index (κ2) is 10.1. The first-order chi connectivity index (χ1) is 14.4. The first kappa shape index (κ1) is 19.5. The zero-order chi connectivity index (χ0) is 19.7. The molecule has 0 aliphatic heterocycles. The van der Waals surface area contributed by atoms with Crippen molar-refractivity contribution in [2.24, 2.45) is 0 Å². The quantitative estimate of drug-likeness (QED) is 0.321. The average molecular weight is 396 g/mol. The number of rotatable bonds is 8. The predicted octanol–water partition coefficient (Wildman–Crippen LogP) is 7.05. The van der Waals surface area contributed by atoms with E-state index in [-0.39, 0.29) is 11.3 Å². The van der Waals surface area contributed by atoms with Gasteiger partial charge in [-0.3, -0.25) is 0 Å². The van der Waals surface area contributed by atoms with Crippen LogP contribution >= 0.6 is 11.8 Å². The summed E-state index contributed by atoms with van der Waals surface area (Å²) in [6.07, 6.45) is 0. The Bertz CT molecular complexity index is 972. The maximum atomic E-state index is 3.85. The molecule has 4 rings (SSSR count). The average Bonchev–Trinajstić information content (AvgIpc) is 2.81. The SMILES string of the molecule is c1ccc(CN[C@@H](c2ccccc2)[C@@H](Sc2ccccc2)c2ccccc2)cc1.